The maximum atomic E-state index is 10.9. The van der Waals surface area contributed by atoms with E-state index < -0.39 is 11.6 Å². The lowest BCUT2D eigenvalue weighted by Crippen LogP contribution is -2.37. The van der Waals surface area contributed by atoms with Crippen LogP contribution in [0.5, 0.6) is 0 Å². The smallest absolute Gasteiger partial charge is 0.335 e. The van der Waals surface area contributed by atoms with Crippen LogP contribution < -0.4 is 0 Å². The van der Waals surface area contributed by atoms with E-state index in [0.29, 0.717) is 0 Å². The number of aliphatic carboxylic acids is 1. The van der Waals surface area contributed by atoms with Crippen molar-refractivity contribution in [1.29, 1.82) is 0 Å². The highest BCUT2D eigenvalue weighted by molar-refractivity contribution is 5.76. The molecule has 17 heavy (non-hydrogen) atoms. The molecule has 0 bridgehead atoms. The summed E-state index contributed by atoms with van der Waals surface area (Å²) in [7, 11) is 0. The summed E-state index contributed by atoms with van der Waals surface area (Å²) in [6.45, 7) is 9.04. The molecule has 1 rings (SSSR count). The molecule has 0 amide bonds. The van der Waals surface area contributed by atoms with Gasteiger partial charge < -0.3 is 9.84 Å². The zero-order valence-electron chi connectivity index (χ0n) is 11.2. The molecule has 0 aromatic rings. The maximum absolute atomic E-state index is 10.9. The third-order valence-corrected chi connectivity index (χ3v) is 2.14. The largest absolute Gasteiger partial charge is 0.479 e. The molecule has 1 N–H and O–H groups in total. The number of ether oxygens (including phenoxy) is 1. The van der Waals surface area contributed by atoms with E-state index in [1.54, 1.807) is 13.8 Å². The van der Waals surface area contributed by atoms with Gasteiger partial charge in [0.05, 0.1) is 6.10 Å². The molecule has 0 aromatic heterocycles. The molecule has 0 aliphatic heterocycles. The van der Waals surface area contributed by atoms with Crippen molar-refractivity contribution >= 4 is 5.97 Å². The van der Waals surface area contributed by atoms with Crippen LogP contribution in [0, 0.1) is 0 Å². The normalized spacial score (nSPS) is 18.9. The van der Waals surface area contributed by atoms with Gasteiger partial charge in [0, 0.05) is 0 Å². The van der Waals surface area contributed by atoms with E-state index in [-0.39, 0.29) is 6.10 Å². The van der Waals surface area contributed by atoms with Gasteiger partial charge in [-0.15, -0.1) is 0 Å². The molecule has 96 valence electrons. The summed E-state index contributed by atoms with van der Waals surface area (Å²) in [5.74, 6) is -0.959. The zero-order chi connectivity index (χ0) is 13.5. The van der Waals surface area contributed by atoms with E-state index in [9.17, 15) is 4.79 Å². The summed E-state index contributed by atoms with van der Waals surface area (Å²) in [6.07, 6.45) is 9.15. The first-order chi connectivity index (χ1) is 7.92. The van der Waals surface area contributed by atoms with Crippen molar-refractivity contribution in [3.63, 3.8) is 0 Å². The standard InChI is InChI=1S/C12H16O3.C2H6/c1-9-6-4-5-7-10(8-9)15-12(2,3)11(13)14;1-2/h4-8,10H,1-3H3,(H,13,14);1-2H3. The van der Waals surface area contributed by atoms with Crippen LogP contribution in [-0.4, -0.2) is 22.8 Å². The average molecular weight is 238 g/mol. The van der Waals surface area contributed by atoms with Crippen LogP contribution >= 0.6 is 0 Å². The molecule has 1 aliphatic rings. The summed E-state index contributed by atoms with van der Waals surface area (Å²) in [5, 5.41) is 8.92. The summed E-state index contributed by atoms with van der Waals surface area (Å²) < 4.78 is 5.49. The Bertz CT molecular complexity index is 335. The number of rotatable bonds is 3. The number of hydrogen-bond acceptors (Lipinski definition) is 2. The maximum Gasteiger partial charge on any atom is 0.335 e. The van der Waals surface area contributed by atoms with Crippen molar-refractivity contribution in [2.24, 2.45) is 0 Å². The molecular weight excluding hydrogens is 216 g/mol. The third-order valence-electron chi connectivity index (χ3n) is 2.14. The Morgan fingerprint density at radius 2 is 1.94 bits per heavy atom. The molecule has 0 fully saturated rings. The number of carbonyl (C=O) groups is 1. The van der Waals surface area contributed by atoms with Gasteiger partial charge in [-0.3, -0.25) is 0 Å². The first kappa shape index (κ1) is 15.7. The third kappa shape index (κ3) is 5.50. The van der Waals surface area contributed by atoms with Gasteiger partial charge in [-0.25, -0.2) is 4.79 Å². The Hall–Kier alpha value is -1.35. The van der Waals surface area contributed by atoms with Crippen LogP contribution in [0.4, 0.5) is 0 Å². The second-order valence-electron chi connectivity index (χ2n) is 4.05. The topological polar surface area (TPSA) is 46.5 Å². The Morgan fingerprint density at radius 3 is 2.47 bits per heavy atom. The van der Waals surface area contributed by atoms with Gasteiger partial charge in [-0.1, -0.05) is 43.7 Å². The van der Waals surface area contributed by atoms with Gasteiger partial charge in [-0.2, -0.15) is 0 Å². The predicted octanol–water partition coefficient (Wildman–Crippen LogP) is 3.33. The predicted molar refractivity (Wildman–Crippen MR) is 70.0 cm³/mol. The second-order valence-corrected chi connectivity index (χ2v) is 4.05. The fraction of sp³-hybridized carbons (Fsp3) is 0.500. The van der Waals surface area contributed by atoms with Crippen molar-refractivity contribution in [1.82, 2.24) is 0 Å². The zero-order valence-corrected chi connectivity index (χ0v) is 11.2. The van der Waals surface area contributed by atoms with Crippen LogP contribution in [0.3, 0.4) is 0 Å². The molecule has 1 aliphatic carbocycles. The van der Waals surface area contributed by atoms with Gasteiger partial charge in [-0.05, 0) is 26.8 Å². The minimum atomic E-state index is -1.17. The van der Waals surface area contributed by atoms with Gasteiger partial charge in [0.2, 0.25) is 0 Å². The quantitative estimate of drug-likeness (QED) is 0.820. The van der Waals surface area contributed by atoms with Crippen LogP contribution in [0.2, 0.25) is 0 Å². The number of hydrogen-bond donors (Lipinski definition) is 1. The summed E-state index contributed by atoms with van der Waals surface area (Å²) in [4.78, 5) is 10.9. The van der Waals surface area contributed by atoms with E-state index in [4.69, 9.17) is 9.84 Å². The molecule has 0 spiro atoms. The fourth-order valence-corrected chi connectivity index (χ4v) is 1.22. The highest BCUT2D eigenvalue weighted by Gasteiger charge is 2.30. The van der Waals surface area contributed by atoms with Gasteiger partial charge in [0.15, 0.2) is 5.60 Å². The lowest BCUT2D eigenvalue weighted by molar-refractivity contribution is -0.163. The average Bonchev–Trinajstić information content (AvgIpc) is 2.45. The molecular formula is C14H22O3. The van der Waals surface area contributed by atoms with Crippen molar-refractivity contribution in [2.45, 2.75) is 46.3 Å². The molecule has 0 radical (unpaired) electrons. The molecule has 0 heterocycles. The van der Waals surface area contributed by atoms with Crippen molar-refractivity contribution < 1.29 is 14.6 Å². The van der Waals surface area contributed by atoms with E-state index >= 15 is 0 Å². The van der Waals surface area contributed by atoms with Gasteiger partial charge in [0.1, 0.15) is 0 Å². The molecule has 0 saturated heterocycles. The summed E-state index contributed by atoms with van der Waals surface area (Å²) in [6, 6.07) is 0. The van der Waals surface area contributed by atoms with Crippen LogP contribution in [0.25, 0.3) is 0 Å². The number of carboxylic acids is 1. The first-order valence-electron chi connectivity index (χ1n) is 5.86. The van der Waals surface area contributed by atoms with Gasteiger partial charge >= 0.3 is 5.97 Å². The van der Waals surface area contributed by atoms with Crippen LogP contribution in [0.1, 0.15) is 34.6 Å². The molecule has 3 nitrogen and oxygen atoms in total. The molecule has 0 saturated carbocycles. The SMILES string of the molecule is CC.CC1=CC(OC(C)(C)C(=O)O)C=CC=C1. The summed E-state index contributed by atoms with van der Waals surface area (Å²) in [5.41, 5.74) is -0.109. The highest BCUT2D eigenvalue weighted by Crippen LogP contribution is 2.17. The summed E-state index contributed by atoms with van der Waals surface area (Å²) >= 11 is 0. The van der Waals surface area contributed by atoms with E-state index in [0.717, 1.165) is 5.57 Å². The first-order valence-corrected chi connectivity index (χ1v) is 5.86. The van der Waals surface area contributed by atoms with Crippen molar-refractivity contribution in [2.75, 3.05) is 0 Å². The molecule has 1 atom stereocenters. The lowest BCUT2D eigenvalue weighted by atomic mass is 10.1. The highest BCUT2D eigenvalue weighted by atomic mass is 16.5. The Morgan fingerprint density at radius 1 is 1.35 bits per heavy atom. The molecule has 1 unspecified atom stereocenters. The Balaban J connectivity index is 0.00000121. The van der Waals surface area contributed by atoms with Gasteiger partial charge in [0.25, 0.3) is 0 Å². The molecule has 3 heteroatoms. The van der Waals surface area contributed by atoms with E-state index in [1.165, 1.54) is 0 Å². The van der Waals surface area contributed by atoms with E-state index in [1.807, 2.05) is 51.2 Å². The minimum Gasteiger partial charge on any atom is -0.479 e. The fourth-order valence-electron chi connectivity index (χ4n) is 1.22. The monoisotopic (exact) mass is 238 g/mol. The molecule has 0 aromatic carbocycles. The van der Waals surface area contributed by atoms with Crippen LogP contribution in [-0.2, 0) is 9.53 Å². The van der Waals surface area contributed by atoms with Crippen molar-refractivity contribution in [3.05, 3.63) is 36.0 Å². The number of carboxylic acid groups (broad SMARTS) is 1. The lowest BCUT2D eigenvalue weighted by Gasteiger charge is -2.23. The van der Waals surface area contributed by atoms with Crippen LogP contribution in [0.15, 0.2) is 36.0 Å². The van der Waals surface area contributed by atoms with E-state index in [2.05, 4.69) is 0 Å². The Kier molecular flexibility index (Phi) is 6.51. The number of allylic oxidation sites excluding steroid dienone is 4. The Labute approximate surface area is 103 Å². The minimum absolute atomic E-state index is 0.286. The van der Waals surface area contributed by atoms with Crippen molar-refractivity contribution in [3.8, 4) is 0 Å². The second kappa shape index (κ2) is 7.07.